The fourth-order valence-corrected chi connectivity index (χ4v) is 2.74. The molecule has 0 aliphatic carbocycles. The zero-order valence-corrected chi connectivity index (χ0v) is 12.7. The normalized spacial score (nSPS) is 11.5. The molecule has 0 saturated carbocycles. The Kier molecular flexibility index (Phi) is 4.45. The average Bonchev–Trinajstić information content (AvgIpc) is 2.86. The summed E-state index contributed by atoms with van der Waals surface area (Å²) >= 11 is 0. The lowest BCUT2D eigenvalue weighted by Crippen LogP contribution is -2.31. The molecular weight excluding hydrogens is 311 g/mol. The van der Waals surface area contributed by atoms with Crippen LogP contribution < -0.4 is 10.0 Å². The van der Waals surface area contributed by atoms with Gasteiger partial charge in [0.1, 0.15) is 11.5 Å². The molecule has 0 fully saturated rings. The van der Waals surface area contributed by atoms with Gasteiger partial charge >= 0.3 is 0 Å². The molecule has 0 atom stereocenters. The molecule has 1 heterocycles. The summed E-state index contributed by atoms with van der Waals surface area (Å²) in [7, 11) is -3.94. The van der Waals surface area contributed by atoms with E-state index >= 15 is 0 Å². The second-order valence-corrected chi connectivity index (χ2v) is 6.53. The number of halogens is 1. The third-order valence-electron chi connectivity index (χ3n) is 2.65. The van der Waals surface area contributed by atoms with Gasteiger partial charge in [-0.1, -0.05) is 0 Å². The van der Waals surface area contributed by atoms with E-state index in [1.165, 1.54) is 6.20 Å². The minimum atomic E-state index is -3.94. The Morgan fingerprint density at radius 2 is 1.91 bits per heavy atom. The molecule has 1 aromatic heterocycles. The first kappa shape index (κ1) is 16.0. The molecule has 0 radical (unpaired) electrons. The Balaban J connectivity index is 2.26. The molecule has 2 aromatic rings. The molecule has 0 aliphatic heterocycles. The Morgan fingerprint density at radius 1 is 1.27 bits per heavy atom. The predicted molar refractivity (Wildman–Crippen MR) is 78.4 cm³/mol. The highest BCUT2D eigenvalue weighted by atomic mass is 32.2. The van der Waals surface area contributed by atoms with Gasteiger partial charge in [0.15, 0.2) is 0 Å². The lowest BCUT2D eigenvalue weighted by atomic mass is 10.3. The zero-order valence-electron chi connectivity index (χ0n) is 11.9. The van der Waals surface area contributed by atoms with Crippen molar-refractivity contribution in [1.82, 2.24) is 15.5 Å². The molecule has 0 bridgehead atoms. The third-order valence-corrected chi connectivity index (χ3v) is 4.04. The predicted octanol–water partition coefficient (Wildman–Crippen LogP) is 1.49. The number of H-pyrrole nitrogens is 1. The van der Waals surface area contributed by atoms with E-state index in [9.17, 15) is 17.6 Å². The van der Waals surface area contributed by atoms with E-state index in [1.807, 2.05) is 0 Å². The van der Waals surface area contributed by atoms with Crippen molar-refractivity contribution in [2.45, 2.75) is 24.8 Å². The molecule has 3 N–H and O–H groups in total. The van der Waals surface area contributed by atoms with Gasteiger partial charge in [-0.15, -0.1) is 0 Å². The first-order chi connectivity index (χ1) is 10.3. The molecule has 0 aliphatic rings. The summed E-state index contributed by atoms with van der Waals surface area (Å²) in [4.78, 5) is 11.8. The SMILES string of the molecule is CC(C)NC(=O)c1[nH]ncc1NS(=O)(=O)c1ccc(F)cc1. The fraction of sp³-hybridized carbons (Fsp3) is 0.231. The van der Waals surface area contributed by atoms with Crippen LogP contribution in [0.25, 0.3) is 0 Å². The number of hydrogen-bond donors (Lipinski definition) is 3. The Hall–Kier alpha value is -2.42. The second-order valence-electron chi connectivity index (χ2n) is 4.85. The summed E-state index contributed by atoms with van der Waals surface area (Å²) in [6, 6.07) is 4.22. The van der Waals surface area contributed by atoms with Gasteiger partial charge in [-0.2, -0.15) is 5.10 Å². The first-order valence-corrected chi connectivity index (χ1v) is 7.90. The van der Waals surface area contributed by atoms with Crippen molar-refractivity contribution in [2.24, 2.45) is 0 Å². The van der Waals surface area contributed by atoms with Crippen molar-refractivity contribution in [2.75, 3.05) is 4.72 Å². The highest BCUT2D eigenvalue weighted by Gasteiger charge is 2.20. The number of carbonyl (C=O) groups is 1. The topological polar surface area (TPSA) is 104 Å². The number of hydrogen-bond acceptors (Lipinski definition) is 4. The lowest BCUT2D eigenvalue weighted by Gasteiger charge is -2.10. The van der Waals surface area contributed by atoms with Crippen LogP contribution in [0.3, 0.4) is 0 Å². The monoisotopic (exact) mass is 326 g/mol. The van der Waals surface area contributed by atoms with Crippen LogP contribution in [0.2, 0.25) is 0 Å². The van der Waals surface area contributed by atoms with Crippen LogP contribution in [0.4, 0.5) is 10.1 Å². The van der Waals surface area contributed by atoms with E-state index < -0.39 is 21.7 Å². The van der Waals surface area contributed by atoms with E-state index in [1.54, 1.807) is 13.8 Å². The number of nitrogens with one attached hydrogen (secondary N) is 3. The number of carbonyl (C=O) groups excluding carboxylic acids is 1. The minimum Gasteiger partial charge on any atom is -0.348 e. The van der Waals surface area contributed by atoms with Crippen molar-refractivity contribution in [3.8, 4) is 0 Å². The van der Waals surface area contributed by atoms with Crippen LogP contribution in [0.5, 0.6) is 0 Å². The molecule has 22 heavy (non-hydrogen) atoms. The molecule has 1 aromatic carbocycles. The Bertz CT molecular complexity index is 769. The van der Waals surface area contributed by atoms with E-state index in [-0.39, 0.29) is 22.3 Å². The molecule has 0 unspecified atom stereocenters. The maximum absolute atomic E-state index is 12.9. The lowest BCUT2D eigenvalue weighted by molar-refractivity contribution is 0.0939. The van der Waals surface area contributed by atoms with Crippen LogP contribution in [0.15, 0.2) is 35.4 Å². The number of amides is 1. The molecular formula is C13H15FN4O3S. The maximum atomic E-state index is 12.9. The number of aromatic nitrogens is 2. The Morgan fingerprint density at radius 3 is 2.50 bits per heavy atom. The average molecular weight is 326 g/mol. The molecule has 1 amide bonds. The smallest absolute Gasteiger partial charge is 0.271 e. The van der Waals surface area contributed by atoms with Crippen LogP contribution in [-0.2, 0) is 10.0 Å². The number of sulfonamides is 1. The highest BCUT2D eigenvalue weighted by Crippen LogP contribution is 2.18. The van der Waals surface area contributed by atoms with E-state index in [4.69, 9.17) is 0 Å². The molecule has 7 nitrogen and oxygen atoms in total. The summed E-state index contributed by atoms with van der Waals surface area (Å²) in [5.41, 5.74) is 0.0156. The van der Waals surface area contributed by atoms with Crippen LogP contribution >= 0.6 is 0 Å². The Labute approximate surface area is 127 Å². The summed E-state index contributed by atoms with van der Waals surface area (Å²) < 4.78 is 39.5. The van der Waals surface area contributed by atoms with Gasteiger partial charge in [0.25, 0.3) is 15.9 Å². The fourth-order valence-electron chi connectivity index (χ4n) is 1.69. The number of rotatable bonds is 5. The third kappa shape index (κ3) is 3.61. The van der Waals surface area contributed by atoms with Gasteiger partial charge in [0.2, 0.25) is 0 Å². The van der Waals surface area contributed by atoms with Gasteiger partial charge in [-0.25, -0.2) is 12.8 Å². The number of anilines is 1. The molecule has 0 spiro atoms. The van der Waals surface area contributed by atoms with E-state index in [0.717, 1.165) is 24.3 Å². The van der Waals surface area contributed by atoms with Crippen molar-refractivity contribution in [3.63, 3.8) is 0 Å². The quantitative estimate of drug-likeness (QED) is 0.774. The van der Waals surface area contributed by atoms with Crippen molar-refractivity contribution in [3.05, 3.63) is 42.0 Å². The summed E-state index contributed by atoms with van der Waals surface area (Å²) in [5.74, 6) is -1.02. The summed E-state index contributed by atoms with van der Waals surface area (Å²) in [5, 5.41) is 8.74. The standard InChI is InChI=1S/C13H15FN4O3S/c1-8(2)16-13(19)12-11(7-15-17-12)18-22(20,21)10-5-3-9(14)4-6-10/h3-8,18H,1-2H3,(H,15,17)(H,16,19). The minimum absolute atomic E-state index is 0.000568. The van der Waals surface area contributed by atoms with Gasteiger partial charge in [-0.3, -0.25) is 14.6 Å². The van der Waals surface area contributed by atoms with Crippen LogP contribution in [0.1, 0.15) is 24.3 Å². The zero-order chi connectivity index (χ0) is 16.3. The maximum Gasteiger partial charge on any atom is 0.271 e. The second kappa shape index (κ2) is 6.14. The first-order valence-electron chi connectivity index (χ1n) is 6.42. The van der Waals surface area contributed by atoms with Gasteiger partial charge < -0.3 is 5.32 Å². The van der Waals surface area contributed by atoms with Gasteiger partial charge in [-0.05, 0) is 38.1 Å². The molecule has 9 heteroatoms. The van der Waals surface area contributed by atoms with Crippen LogP contribution in [-0.4, -0.2) is 30.6 Å². The number of nitrogens with zero attached hydrogens (tertiary/aromatic N) is 1. The van der Waals surface area contributed by atoms with Crippen LogP contribution in [0, 0.1) is 5.82 Å². The van der Waals surface area contributed by atoms with Gasteiger partial charge in [0.05, 0.1) is 16.8 Å². The van der Waals surface area contributed by atoms with Crippen molar-refractivity contribution in [1.29, 1.82) is 0 Å². The number of aromatic amines is 1. The van der Waals surface area contributed by atoms with Crippen molar-refractivity contribution < 1.29 is 17.6 Å². The van der Waals surface area contributed by atoms with E-state index in [2.05, 4.69) is 20.2 Å². The largest absolute Gasteiger partial charge is 0.348 e. The highest BCUT2D eigenvalue weighted by molar-refractivity contribution is 7.92. The van der Waals surface area contributed by atoms with Crippen molar-refractivity contribution >= 4 is 21.6 Å². The molecule has 2 rings (SSSR count). The molecule has 118 valence electrons. The van der Waals surface area contributed by atoms with Gasteiger partial charge in [0, 0.05) is 6.04 Å². The summed E-state index contributed by atoms with van der Waals surface area (Å²) in [6.45, 7) is 3.55. The van der Waals surface area contributed by atoms with E-state index in [0.29, 0.717) is 0 Å². The summed E-state index contributed by atoms with van der Waals surface area (Å²) in [6.07, 6.45) is 1.19. The number of benzene rings is 1. The molecule has 0 saturated heterocycles.